The summed E-state index contributed by atoms with van der Waals surface area (Å²) in [5.41, 5.74) is 2.01. The Kier molecular flexibility index (Phi) is 12.3. The molecular formula is C44H49ClN10O8. The number of hydrogen-bond acceptors (Lipinski definition) is 13. The zero-order valence-electron chi connectivity index (χ0n) is 35.2. The highest BCUT2D eigenvalue weighted by atomic mass is 35.5. The van der Waals surface area contributed by atoms with E-state index in [1.165, 1.54) is 7.05 Å². The first-order chi connectivity index (χ1) is 30.3. The highest BCUT2D eigenvalue weighted by Gasteiger charge is 2.45. The summed E-state index contributed by atoms with van der Waals surface area (Å²) < 4.78 is 7.22. The molecule has 0 bridgehead atoms. The lowest BCUT2D eigenvalue weighted by atomic mass is 9.92. The number of aromatic nitrogens is 3. The minimum absolute atomic E-state index is 0.0530. The number of piperidine rings is 3. The van der Waals surface area contributed by atoms with Crippen LogP contribution in [0.5, 0.6) is 5.75 Å². The number of hydrogen-bond donors (Lipinski definition) is 4. The van der Waals surface area contributed by atoms with Gasteiger partial charge in [-0.05, 0) is 88.3 Å². The van der Waals surface area contributed by atoms with Crippen molar-refractivity contribution in [2.75, 3.05) is 61.9 Å². The van der Waals surface area contributed by atoms with Crippen LogP contribution in [-0.2, 0) is 19.2 Å². The summed E-state index contributed by atoms with van der Waals surface area (Å²) in [6.07, 6.45) is 4.52. The molecule has 2 aromatic carbocycles. The van der Waals surface area contributed by atoms with Crippen LogP contribution in [0.2, 0.25) is 5.02 Å². The van der Waals surface area contributed by atoms with E-state index in [2.05, 4.69) is 26.3 Å². The third-order valence-corrected chi connectivity index (χ3v) is 12.5. The molecule has 1 atom stereocenters. The van der Waals surface area contributed by atoms with E-state index in [1.807, 2.05) is 41.8 Å². The van der Waals surface area contributed by atoms with Crippen molar-refractivity contribution in [3.8, 4) is 5.75 Å². The van der Waals surface area contributed by atoms with E-state index >= 15 is 0 Å². The number of ether oxygens (including phenoxy) is 1. The molecule has 3 saturated heterocycles. The monoisotopic (exact) mass is 880 g/mol. The summed E-state index contributed by atoms with van der Waals surface area (Å²) in [6, 6.07) is 11.0. The fraction of sp³-hybridized carbons (Fsp3) is 0.432. The van der Waals surface area contributed by atoms with Gasteiger partial charge >= 0.3 is 0 Å². The number of nitrogens with one attached hydrogen (secondary N) is 4. The predicted octanol–water partition coefficient (Wildman–Crippen LogP) is 3.86. The molecule has 0 aliphatic carbocycles. The first-order valence-corrected chi connectivity index (χ1v) is 21.6. The van der Waals surface area contributed by atoms with Crippen molar-refractivity contribution in [3.63, 3.8) is 0 Å². The van der Waals surface area contributed by atoms with Gasteiger partial charge < -0.3 is 35.1 Å². The second kappa shape index (κ2) is 18.0. The lowest BCUT2D eigenvalue weighted by molar-refractivity contribution is -0.138. The predicted molar refractivity (Wildman–Crippen MR) is 234 cm³/mol. The van der Waals surface area contributed by atoms with Crippen LogP contribution in [0.1, 0.15) is 79.1 Å². The minimum atomic E-state index is -1.03. The number of likely N-dealkylation sites (N-methyl/N-ethyl adjacent to an activating group) is 1. The molecule has 8 rings (SSSR count). The van der Waals surface area contributed by atoms with E-state index in [9.17, 15) is 33.6 Å². The van der Waals surface area contributed by atoms with E-state index in [0.717, 1.165) is 17.7 Å². The Bertz CT molecular complexity index is 2570. The molecule has 2 aromatic heterocycles. The summed E-state index contributed by atoms with van der Waals surface area (Å²) in [4.78, 5) is 104. The van der Waals surface area contributed by atoms with E-state index in [0.29, 0.717) is 84.6 Å². The van der Waals surface area contributed by atoms with E-state index in [1.54, 1.807) is 35.0 Å². The van der Waals surface area contributed by atoms with Gasteiger partial charge in [-0.3, -0.25) is 43.8 Å². The number of imide groups is 2. The quantitative estimate of drug-likeness (QED) is 0.149. The van der Waals surface area contributed by atoms with Crippen LogP contribution in [0.3, 0.4) is 0 Å². The number of carbonyl (C=O) groups is 6. The van der Waals surface area contributed by atoms with Crippen LogP contribution in [0.4, 0.5) is 23.1 Å². The van der Waals surface area contributed by atoms with Crippen molar-refractivity contribution >= 4 is 81.1 Å². The standard InChI is InChI=1S/C44H49ClN10O8/c1-24(2)54-32-8-7-28(19-27(32)20-34(42(54)61)63-23-36(57)46-3)49-38-30(45)22-48-44(51-38)53-17-13-26(14-18-53)40(59)52-15-11-25(12-16-52)21-47-31-6-4-5-29-37(31)43(62)55(41(29)60)33-9-10-35(56)50-39(33)58/h4-8,19-20,22,24-26,33,47H,9-18,21,23H2,1-3H3,(H,46,57)(H,48,49,51)(H,50,56,58). The molecule has 0 radical (unpaired) electrons. The Morgan fingerprint density at radius 3 is 2.43 bits per heavy atom. The largest absolute Gasteiger partial charge is 0.478 e. The lowest BCUT2D eigenvalue weighted by Crippen LogP contribution is -2.54. The lowest BCUT2D eigenvalue weighted by Gasteiger charge is -2.37. The zero-order chi connectivity index (χ0) is 44.5. The van der Waals surface area contributed by atoms with Gasteiger partial charge in [-0.15, -0.1) is 0 Å². The molecule has 6 amide bonds. The SMILES string of the molecule is CNC(=O)COc1cc2cc(Nc3nc(N4CCC(C(=O)N5CCC(CNc6cccc7c6C(=O)N(C6CCC(=O)NC6=O)C7=O)CC5)CC4)ncc3Cl)ccc2n(C(C)C)c1=O. The molecule has 0 spiro atoms. The number of nitrogens with zero attached hydrogens (tertiary/aromatic N) is 6. The summed E-state index contributed by atoms with van der Waals surface area (Å²) in [6.45, 7) is 6.46. The van der Waals surface area contributed by atoms with Gasteiger partial charge in [-0.2, -0.15) is 4.98 Å². The molecule has 330 valence electrons. The maximum atomic E-state index is 13.7. The molecule has 3 fully saturated rings. The average molecular weight is 881 g/mol. The van der Waals surface area contributed by atoms with Gasteiger partial charge in [0.25, 0.3) is 23.3 Å². The molecule has 1 unspecified atom stereocenters. The molecule has 4 N–H and O–H groups in total. The van der Waals surface area contributed by atoms with E-state index in [4.69, 9.17) is 21.3 Å². The summed E-state index contributed by atoms with van der Waals surface area (Å²) in [7, 11) is 1.50. The van der Waals surface area contributed by atoms with Crippen LogP contribution < -0.4 is 36.5 Å². The Labute approximate surface area is 367 Å². The van der Waals surface area contributed by atoms with Gasteiger partial charge in [-0.1, -0.05) is 17.7 Å². The molecule has 63 heavy (non-hydrogen) atoms. The molecule has 4 aromatic rings. The Hall–Kier alpha value is -6.56. The second-order valence-electron chi connectivity index (χ2n) is 16.6. The summed E-state index contributed by atoms with van der Waals surface area (Å²) >= 11 is 6.57. The highest BCUT2D eigenvalue weighted by molar-refractivity contribution is 6.33. The molecule has 18 nitrogen and oxygen atoms in total. The number of fused-ring (bicyclic) bond motifs is 2. The fourth-order valence-corrected chi connectivity index (χ4v) is 8.96. The Balaban J connectivity index is 0.842. The average Bonchev–Trinajstić information content (AvgIpc) is 3.54. The van der Waals surface area contributed by atoms with Gasteiger partial charge in [0.05, 0.1) is 22.8 Å². The zero-order valence-corrected chi connectivity index (χ0v) is 36.0. The van der Waals surface area contributed by atoms with Crippen LogP contribution in [-0.4, -0.2) is 112 Å². The first-order valence-electron chi connectivity index (χ1n) is 21.3. The van der Waals surface area contributed by atoms with Crippen LogP contribution in [0.15, 0.2) is 53.5 Å². The van der Waals surface area contributed by atoms with Crippen molar-refractivity contribution in [2.24, 2.45) is 11.8 Å². The third kappa shape index (κ3) is 8.76. The second-order valence-corrected chi connectivity index (χ2v) is 17.0. The number of benzene rings is 2. The fourth-order valence-electron chi connectivity index (χ4n) is 8.82. The molecule has 4 aliphatic heterocycles. The minimum Gasteiger partial charge on any atom is -0.478 e. The first kappa shape index (κ1) is 43.1. The Morgan fingerprint density at radius 2 is 1.71 bits per heavy atom. The van der Waals surface area contributed by atoms with Crippen molar-refractivity contribution < 1.29 is 33.5 Å². The maximum absolute atomic E-state index is 13.7. The molecule has 0 saturated carbocycles. The van der Waals surface area contributed by atoms with Crippen molar-refractivity contribution in [1.82, 2.24) is 35.0 Å². The van der Waals surface area contributed by atoms with Crippen molar-refractivity contribution in [3.05, 3.63) is 75.2 Å². The summed E-state index contributed by atoms with van der Waals surface area (Å²) in [5.74, 6) is -1.33. The van der Waals surface area contributed by atoms with Gasteiger partial charge in [-0.25, -0.2) is 4.98 Å². The number of anilines is 4. The number of likely N-dealkylation sites (tertiary alicyclic amines) is 1. The van der Waals surface area contributed by atoms with Crippen LogP contribution in [0.25, 0.3) is 10.9 Å². The number of carbonyl (C=O) groups excluding carboxylic acids is 6. The number of halogens is 1. The van der Waals surface area contributed by atoms with Gasteiger partial charge in [0.2, 0.25) is 23.7 Å². The summed E-state index contributed by atoms with van der Waals surface area (Å²) in [5, 5.41) is 12.4. The maximum Gasteiger partial charge on any atom is 0.293 e. The van der Waals surface area contributed by atoms with Crippen molar-refractivity contribution in [2.45, 2.75) is 64.5 Å². The molecule has 4 aliphatic rings. The molecule has 19 heteroatoms. The topological polar surface area (TPSA) is 217 Å². The normalized spacial score (nSPS) is 18.5. The number of rotatable bonds is 12. The van der Waals surface area contributed by atoms with Crippen molar-refractivity contribution in [1.29, 1.82) is 0 Å². The number of pyridine rings is 1. The van der Waals surface area contributed by atoms with Crippen LogP contribution in [0, 0.1) is 11.8 Å². The van der Waals surface area contributed by atoms with E-state index in [-0.39, 0.29) is 71.6 Å². The van der Waals surface area contributed by atoms with E-state index < -0.39 is 29.7 Å². The van der Waals surface area contributed by atoms with Gasteiger partial charge in [0.15, 0.2) is 18.2 Å². The molecule has 6 heterocycles. The van der Waals surface area contributed by atoms with Gasteiger partial charge in [0.1, 0.15) is 11.1 Å². The molecular weight excluding hydrogens is 832 g/mol. The van der Waals surface area contributed by atoms with Gasteiger partial charge in [0, 0.05) is 74.9 Å². The third-order valence-electron chi connectivity index (χ3n) is 12.3. The Morgan fingerprint density at radius 1 is 0.952 bits per heavy atom. The highest BCUT2D eigenvalue weighted by Crippen LogP contribution is 2.34. The number of amides is 6. The smallest absolute Gasteiger partial charge is 0.293 e. The van der Waals surface area contributed by atoms with Crippen LogP contribution >= 0.6 is 11.6 Å².